The zero-order valence-electron chi connectivity index (χ0n) is 12.7. The van der Waals surface area contributed by atoms with Gasteiger partial charge in [0.05, 0.1) is 12.1 Å². The number of pyridine rings is 1. The van der Waals surface area contributed by atoms with Gasteiger partial charge in [-0.3, -0.25) is 10.1 Å². The number of thioether (sulfide) groups is 1. The van der Waals surface area contributed by atoms with Crippen LogP contribution in [0.3, 0.4) is 0 Å². The predicted octanol–water partition coefficient (Wildman–Crippen LogP) is 2.88. The number of aromatic nitrogens is 1. The van der Waals surface area contributed by atoms with Crippen molar-refractivity contribution < 1.29 is 9.53 Å². The van der Waals surface area contributed by atoms with Gasteiger partial charge >= 0.3 is 5.97 Å². The fourth-order valence-corrected chi connectivity index (χ4v) is 2.94. The zero-order valence-corrected chi connectivity index (χ0v) is 13.5. The van der Waals surface area contributed by atoms with Crippen LogP contribution in [0.4, 0.5) is 0 Å². The lowest BCUT2D eigenvalue weighted by atomic mass is 9.95. The quantitative estimate of drug-likeness (QED) is 0.454. The Kier molecular flexibility index (Phi) is 7.02. The summed E-state index contributed by atoms with van der Waals surface area (Å²) in [5, 5.41) is 4.32. The smallest absolute Gasteiger partial charge is 0.325 e. The van der Waals surface area contributed by atoms with E-state index in [-0.39, 0.29) is 12.0 Å². The fourth-order valence-electron chi connectivity index (χ4n) is 2.13. The first-order chi connectivity index (χ1) is 9.48. The van der Waals surface area contributed by atoms with Crippen LogP contribution in [-0.4, -0.2) is 35.4 Å². The highest BCUT2D eigenvalue weighted by atomic mass is 32.2. The van der Waals surface area contributed by atoms with Crippen molar-refractivity contribution in [1.29, 1.82) is 0 Å². The van der Waals surface area contributed by atoms with Crippen molar-refractivity contribution in [2.24, 2.45) is 0 Å². The molecule has 4 nitrogen and oxygen atoms in total. The minimum atomic E-state index is -0.617. The van der Waals surface area contributed by atoms with E-state index in [9.17, 15) is 4.79 Å². The van der Waals surface area contributed by atoms with Gasteiger partial charge in [0.2, 0.25) is 0 Å². The lowest BCUT2D eigenvalue weighted by Gasteiger charge is -2.30. The Morgan fingerprint density at radius 3 is 2.80 bits per heavy atom. The second kappa shape index (κ2) is 8.27. The van der Waals surface area contributed by atoms with Gasteiger partial charge in [0.25, 0.3) is 0 Å². The van der Waals surface area contributed by atoms with Crippen molar-refractivity contribution in [3.63, 3.8) is 0 Å². The summed E-state index contributed by atoms with van der Waals surface area (Å²) in [5.41, 5.74) is -0.617. The molecule has 1 rings (SSSR count). The molecule has 0 amide bonds. The molecule has 0 fully saturated rings. The van der Waals surface area contributed by atoms with Crippen LogP contribution in [0.5, 0.6) is 0 Å². The van der Waals surface area contributed by atoms with Gasteiger partial charge in [-0.25, -0.2) is 4.98 Å². The molecule has 0 radical (unpaired) electrons. The first-order valence-electron chi connectivity index (χ1n) is 6.88. The lowest BCUT2D eigenvalue weighted by Crippen LogP contribution is -2.53. The Bertz CT molecular complexity index is 412. The van der Waals surface area contributed by atoms with Gasteiger partial charge in [0.1, 0.15) is 5.54 Å². The number of nitrogens with zero attached hydrogens (tertiary/aromatic N) is 1. The molecule has 0 aliphatic heterocycles. The molecular formula is C15H24N2O2S. The molecule has 1 unspecified atom stereocenters. The number of esters is 1. The van der Waals surface area contributed by atoms with Crippen LogP contribution in [0, 0.1) is 0 Å². The van der Waals surface area contributed by atoms with Gasteiger partial charge < -0.3 is 4.74 Å². The van der Waals surface area contributed by atoms with Gasteiger partial charge in [-0.15, -0.1) is 11.8 Å². The second-order valence-corrected chi connectivity index (χ2v) is 6.36. The summed E-state index contributed by atoms with van der Waals surface area (Å²) in [7, 11) is 1.44. The fraction of sp³-hybridized carbons (Fsp3) is 0.600. The van der Waals surface area contributed by atoms with Crippen LogP contribution in [0.15, 0.2) is 29.4 Å². The molecule has 0 spiro atoms. The molecule has 1 aromatic heterocycles. The van der Waals surface area contributed by atoms with Crippen molar-refractivity contribution in [2.45, 2.75) is 50.2 Å². The largest absolute Gasteiger partial charge is 0.468 e. The molecule has 0 saturated heterocycles. The van der Waals surface area contributed by atoms with E-state index in [1.54, 1.807) is 18.0 Å². The molecule has 0 aromatic carbocycles. The normalized spacial score (nSPS) is 14.1. The molecule has 0 saturated carbocycles. The van der Waals surface area contributed by atoms with Crippen LogP contribution in [0.1, 0.15) is 33.6 Å². The third-order valence-corrected chi connectivity index (χ3v) is 3.98. The summed E-state index contributed by atoms with van der Waals surface area (Å²) in [4.78, 5) is 16.2. The Hall–Kier alpha value is -1.07. The van der Waals surface area contributed by atoms with Gasteiger partial charge in [0.15, 0.2) is 0 Å². The molecule has 1 heterocycles. The zero-order chi connectivity index (χ0) is 15.0. The van der Waals surface area contributed by atoms with Crippen molar-refractivity contribution in [1.82, 2.24) is 10.3 Å². The molecule has 112 valence electrons. The topological polar surface area (TPSA) is 51.2 Å². The van der Waals surface area contributed by atoms with E-state index in [2.05, 4.69) is 10.3 Å². The Morgan fingerprint density at radius 1 is 1.50 bits per heavy atom. The van der Waals surface area contributed by atoms with Crippen LogP contribution in [0.2, 0.25) is 0 Å². The van der Waals surface area contributed by atoms with Crippen molar-refractivity contribution >= 4 is 17.7 Å². The molecular weight excluding hydrogens is 272 g/mol. The Morgan fingerprint density at radius 2 is 2.25 bits per heavy atom. The van der Waals surface area contributed by atoms with Gasteiger partial charge in [-0.2, -0.15) is 0 Å². The number of carbonyl (C=O) groups is 1. The molecule has 0 aliphatic carbocycles. The third kappa shape index (κ3) is 5.51. The highest BCUT2D eigenvalue weighted by Crippen LogP contribution is 2.21. The monoisotopic (exact) mass is 296 g/mol. The summed E-state index contributed by atoms with van der Waals surface area (Å²) in [6.07, 6.45) is 3.46. The van der Waals surface area contributed by atoms with Crippen LogP contribution < -0.4 is 5.32 Å². The molecule has 1 aromatic rings. The highest BCUT2D eigenvalue weighted by Gasteiger charge is 2.33. The maximum Gasteiger partial charge on any atom is 0.325 e. The van der Waals surface area contributed by atoms with E-state index in [0.29, 0.717) is 0 Å². The molecule has 1 N–H and O–H groups in total. The minimum absolute atomic E-state index is 0.200. The summed E-state index contributed by atoms with van der Waals surface area (Å²) in [6, 6.07) is 6.12. The van der Waals surface area contributed by atoms with Crippen molar-refractivity contribution in [3.05, 3.63) is 24.4 Å². The number of ether oxygens (including phenoxy) is 1. The summed E-state index contributed by atoms with van der Waals surface area (Å²) in [5.74, 6) is 0.734. The van der Waals surface area contributed by atoms with E-state index in [4.69, 9.17) is 4.74 Å². The van der Waals surface area contributed by atoms with Crippen LogP contribution >= 0.6 is 11.8 Å². The standard InChI is InChI=1S/C15H24N2O2S/c1-12(2)17-15(3,14(18)19-4)9-7-11-20-13-8-5-6-10-16-13/h5-6,8,10,12,17H,7,9,11H2,1-4H3. The van der Waals surface area contributed by atoms with Crippen LogP contribution in [-0.2, 0) is 9.53 Å². The molecule has 0 bridgehead atoms. The number of nitrogens with one attached hydrogen (secondary N) is 1. The van der Waals surface area contributed by atoms with E-state index in [0.717, 1.165) is 23.6 Å². The van der Waals surface area contributed by atoms with Crippen molar-refractivity contribution in [2.75, 3.05) is 12.9 Å². The second-order valence-electron chi connectivity index (χ2n) is 5.24. The van der Waals surface area contributed by atoms with Gasteiger partial charge in [-0.05, 0) is 51.5 Å². The number of rotatable bonds is 8. The Labute approximate surface area is 125 Å². The number of hydrogen-bond acceptors (Lipinski definition) is 5. The predicted molar refractivity (Wildman–Crippen MR) is 82.9 cm³/mol. The highest BCUT2D eigenvalue weighted by molar-refractivity contribution is 7.99. The first-order valence-corrected chi connectivity index (χ1v) is 7.86. The van der Waals surface area contributed by atoms with Crippen LogP contribution in [0.25, 0.3) is 0 Å². The first kappa shape index (κ1) is 17.0. The molecule has 0 aliphatic rings. The maximum atomic E-state index is 11.9. The summed E-state index contributed by atoms with van der Waals surface area (Å²) in [6.45, 7) is 5.97. The average molecular weight is 296 g/mol. The van der Waals surface area contributed by atoms with E-state index >= 15 is 0 Å². The number of carbonyl (C=O) groups excluding carboxylic acids is 1. The average Bonchev–Trinajstić information content (AvgIpc) is 2.43. The SMILES string of the molecule is COC(=O)C(C)(CCCSc1ccccn1)NC(C)C. The van der Waals surface area contributed by atoms with E-state index in [1.807, 2.05) is 39.0 Å². The molecule has 1 atom stereocenters. The van der Waals surface area contributed by atoms with Crippen molar-refractivity contribution in [3.8, 4) is 0 Å². The summed E-state index contributed by atoms with van der Waals surface area (Å²) < 4.78 is 4.91. The van der Waals surface area contributed by atoms with E-state index in [1.165, 1.54) is 7.11 Å². The van der Waals surface area contributed by atoms with Gasteiger partial charge in [0, 0.05) is 12.2 Å². The summed E-state index contributed by atoms with van der Waals surface area (Å²) >= 11 is 1.71. The molecule has 20 heavy (non-hydrogen) atoms. The number of methoxy groups -OCH3 is 1. The minimum Gasteiger partial charge on any atom is -0.468 e. The van der Waals surface area contributed by atoms with Gasteiger partial charge in [-0.1, -0.05) is 6.07 Å². The Balaban J connectivity index is 2.44. The number of hydrogen-bond donors (Lipinski definition) is 1. The molecule has 5 heteroatoms. The lowest BCUT2D eigenvalue weighted by molar-refractivity contribution is -0.148. The third-order valence-electron chi connectivity index (χ3n) is 2.95. The van der Waals surface area contributed by atoms with E-state index < -0.39 is 5.54 Å². The maximum absolute atomic E-state index is 11.9.